The molecule has 0 aromatic rings. The van der Waals surface area contributed by atoms with Crippen LogP contribution in [0, 0.1) is 5.41 Å². The number of amides is 2. The molecular weight excluding hydrogens is 236 g/mol. The molecule has 17 heavy (non-hydrogen) atoms. The van der Waals surface area contributed by atoms with Crippen molar-refractivity contribution in [1.82, 2.24) is 10.2 Å². The van der Waals surface area contributed by atoms with Gasteiger partial charge in [-0.05, 0) is 32.5 Å². The van der Waals surface area contributed by atoms with Gasteiger partial charge in [-0.15, -0.1) is 0 Å². The van der Waals surface area contributed by atoms with E-state index in [1.54, 1.807) is 19.1 Å². The second kappa shape index (κ2) is 5.40. The first kappa shape index (κ1) is 13.8. The zero-order chi connectivity index (χ0) is 13.1. The summed E-state index contributed by atoms with van der Waals surface area (Å²) in [6.45, 7) is 6.07. The van der Waals surface area contributed by atoms with E-state index in [1.807, 2.05) is 13.8 Å². The Morgan fingerprint density at radius 1 is 1.41 bits per heavy atom. The lowest BCUT2D eigenvalue weighted by atomic mass is 9.79. The SMILES string of the molecule is C/C=C/C1(CCC)C(=O)NC(=S)N(CC)C1=O. The maximum absolute atomic E-state index is 12.4. The Morgan fingerprint density at radius 2 is 2.06 bits per heavy atom. The van der Waals surface area contributed by atoms with E-state index < -0.39 is 5.41 Å². The van der Waals surface area contributed by atoms with Crippen molar-refractivity contribution >= 4 is 29.1 Å². The van der Waals surface area contributed by atoms with Gasteiger partial charge < -0.3 is 5.32 Å². The number of nitrogens with zero attached hydrogens (tertiary/aromatic N) is 1. The smallest absolute Gasteiger partial charge is 0.248 e. The van der Waals surface area contributed by atoms with Gasteiger partial charge in [0.25, 0.3) is 0 Å². The Labute approximate surface area is 107 Å². The average Bonchev–Trinajstić information content (AvgIpc) is 2.27. The van der Waals surface area contributed by atoms with E-state index >= 15 is 0 Å². The van der Waals surface area contributed by atoms with Crippen molar-refractivity contribution in [3.63, 3.8) is 0 Å². The molecule has 1 rings (SSSR count). The summed E-state index contributed by atoms with van der Waals surface area (Å²) in [4.78, 5) is 25.9. The third-order valence-corrected chi connectivity index (χ3v) is 3.23. The molecule has 1 fully saturated rings. The standard InChI is InChI=1S/C12H18N2O2S/c1-4-7-12(8-5-2)9(15)13-11(17)14(6-3)10(12)16/h4,7H,5-6,8H2,1-3H3,(H,13,15,17)/b7-4+. The van der Waals surface area contributed by atoms with Crippen LogP contribution >= 0.6 is 12.2 Å². The van der Waals surface area contributed by atoms with Crippen LogP contribution in [0.5, 0.6) is 0 Å². The van der Waals surface area contributed by atoms with Gasteiger partial charge in [-0.1, -0.05) is 25.5 Å². The van der Waals surface area contributed by atoms with Crippen LogP contribution in [-0.2, 0) is 9.59 Å². The minimum atomic E-state index is -1.08. The first-order valence-corrected chi connectivity index (χ1v) is 6.25. The highest BCUT2D eigenvalue weighted by Crippen LogP contribution is 2.32. The molecule has 4 nitrogen and oxygen atoms in total. The Kier molecular flexibility index (Phi) is 4.40. The number of hydrogen-bond acceptors (Lipinski definition) is 3. The Balaban J connectivity index is 3.21. The number of hydrogen-bond donors (Lipinski definition) is 1. The molecule has 2 amide bonds. The van der Waals surface area contributed by atoms with Crippen LogP contribution in [0.15, 0.2) is 12.2 Å². The summed E-state index contributed by atoms with van der Waals surface area (Å²) in [5.41, 5.74) is -1.08. The fraction of sp³-hybridized carbons (Fsp3) is 0.583. The van der Waals surface area contributed by atoms with E-state index in [0.29, 0.717) is 13.0 Å². The van der Waals surface area contributed by atoms with Crippen LogP contribution in [0.25, 0.3) is 0 Å². The number of rotatable bonds is 4. The average molecular weight is 254 g/mol. The second-order valence-electron chi connectivity index (χ2n) is 4.03. The summed E-state index contributed by atoms with van der Waals surface area (Å²) in [5.74, 6) is -0.522. The molecule has 5 heteroatoms. The lowest BCUT2D eigenvalue weighted by Crippen LogP contribution is -2.63. The normalized spacial score (nSPS) is 25.6. The molecular formula is C12H18N2O2S. The summed E-state index contributed by atoms with van der Waals surface area (Å²) in [6.07, 6.45) is 4.68. The van der Waals surface area contributed by atoms with E-state index in [4.69, 9.17) is 12.2 Å². The number of allylic oxidation sites excluding steroid dienone is 1. The lowest BCUT2D eigenvalue weighted by molar-refractivity contribution is -0.146. The monoisotopic (exact) mass is 254 g/mol. The fourth-order valence-corrected chi connectivity index (χ4v) is 2.43. The molecule has 1 unspecified atom stereocenters. The predicted octanol–water partition coefficient (Wildman–Crippen LogP) is 1.61. The third kappa shape index (κ3) is 2.24. The van der Waals surface area contributed by atoms with E-state index in [-0.39, 0.29) is 16.9 Å². The van der Waals surface area contributed by atoms with Crippen molar-refractivity contribution in [1.29, 1.82) is 0 Å². The Hall–Kier alpha value is -1.23. The van der Waals surface area contributed by atoms with Crippen LogP contribution < -0.4 is 5.32 Å². The van der Waals surface area contributed by atoms with Crippen molar-refractivity contribution in [2.24, 2.45) is 5.41 Å². The molecule has 0 aromatic carbocycles. The van der Waals surface area contributed by atoms with Gasteiger partial charge in [-0.25, -0.2) is 0 Å². The topological polar surface area (TPSA) is 49.4 Å². The molecule has 0 bridgehead atoms. The van der Waals surface area contributed by atoms with Crippen LogP contribution in [0.3, 0.4) is 0 Å². The fourth-order valence-electron chi connectivity index (χ4n) is 2.12. The molecule has 0 spiro atoms. The maximum Gasteiger partial charge on any atom is 0.248 e. The van der Waals surface area contributed by atoms with E-state index in [1.165, 1.54) is 4.90 Å². The third-order valence-electron chi connectivity index (χ3n) is 2.91. The van der Waals surface area contributed by atoms with E-state index in [9.17, 15) is 9.59 Å². The highest BCUT2D eigenvalue weighted by Gasteiger charge is 2.49. The molecule has 1 N–H and O–H groups in total. The molecule has 0 aromatic heterocycles. The molecule has 94 valence electrons. The van der Waals surface area contributed by atoms with Gasteiger partial charge in [0.1, 0.15) is 5.41 Å². The second-order valence-corrected chi connectivity index (χ2v) is 4.42. The molecule has 1 atom stereocenters. The molecule has 1 aliphatic rings. The van der Waals surface area contributed by atoms with Crippen molar-refractivity contribution in [3.8, 4) is 0 Å². The largest absolute Gasteiger partial charge is 0.301 e. The van der Waals surface area contributed by atoms with Crippen LogP contribution in [-0.4, -0.2) is 28.4 Å². The molecule has 0 saturated carbocycles. The maximum atomic E-state index is 12.4. The van der Waals surface area contributed by atoms with Crippen LogP contribution in [0.4, 0.5) is 0 Å². The first-order chi connectivity index (χ1) is 8.03. The zero-order valence-electron chi connectivity index (χ0n) is 10.4. The van der Waals surface area contributed by atoms with Crippen molar-refractivity contribution in [2.45, 2.75) is 33.6 Å². The van der Waals surface area contributed by atoms with Crippen LogP contribution in [0.2, 0.25) is 0 Å². The lowest BCUT2D eigenvalue weighted by Gasteiger charge is -2.38. The summed E-state index contributed by atoms with van der Waals surface area (Å²) < 4.78 is 0. The molecule has 1 heterocycles. The summed E-state index contributed by atoms with van der Waals surface area (Å²) in [5, 5.41) is 2.82. The summed E-state index contributed by atoms with van der Waals surface area (Å²) in [6, 6.07) is 0. The first-order valence-electron chi connectivity index (χ1n) is 5.84. The van der Waals surface area contributed by atoms with Gasteiger partial charge >= 0.3 is 0 Å². The van der Waals surface area contributed by atoms with Crippen molar-refractivity contribution < 1.29 is 9.59 Å². The minimum absolute atomic E-state index is 0.207. The predicted molar refractivity (Wildman–Crippen MR) is 70.3 cm³/mol. The molecule has 1 saturated heterocycles. The van der Waals surface area contributed by atoms with Crippen LogP contribution in [0.1, 0.15) is 33.6 Å². The highest BCUT2D eigenvalue weighted by atomic mass is 32.1. The van der Waals surface area contributed by atoms with Gasteiger partial charge in [0.15, 0.2) is 5.11 Å². The minimum Gasteiger partial charge on any atom is -0.301 e. The van der Waals surface area contributed by atoms with Crippen molar-refractivity contribution in [3.05, 3.63) is 12.2 Å². The van der Waals surface area contributed by atoms with Gasteiger partial charge in [0, 0.05) is 6.54 Å². The van der Waals surface area contributed by atoms with Gasteiger partial charge in [0.2, 0.25) is 11.8 Å². The summed E-state index contributed by atoms with van der Waals surface area (Å²) in [7, 11) is 0. The van der Waals surface area contributed by atoms with E-state index in [0.717, 1.165) is 6.42 Å². The number of carbonyl (C=O) groups is 2. The van der Waals surface area contributed by atoms with E-state index in [2.05, 4.69) is 5.32 Å². The number of nitrogens with one attached hydrogen (secondary N) is 1. The number of thiocarbonyl (C=S) groups is 1. The Morgan fingerprint density at radius 3 is 2.53 bits per heavy atom. The van der Waals surface area contributed by atoms with Crippen molar-refractivity contribution in [2.75, 3.05) is 6.54 Å². The van der Waals surface area contributed by atoms with Gasteiger partial charge in [0.05, 0.1) is 0 Å². The molecule has 0 aliphatic carbocycles. The Bertz CT molecular complexity index is 379. The highest BCUT2D eigenvalue weighted by molar-refractivity contribution is 7.80. The number of carbonyl (C=O) groups excluding carboxylic acids is 2. The quantitative estimate of drug-likeness (QED) is 0.471. The molecule has 0 radical (unpaired) electrons. The van der Waals surface area contributed by atoms with Gasteiger partial charge in [-0.2, -0.15) is 0 Å². The molecule has 1 aliphatic heterocycles. The van der Waals surface area contributed by atoms with Gasteiger partial charge in [-0.3, -0.25) is 14.5 Å². The zero-order valence-corrected chi connectivity index (χ0v) is 11.3. The summed E-state index contributed by atoms with van der Waals surface area (Å²) >= 11 is 5.00.